The molecule has 0 aromatic carbocycles. The van der Waals surface area contributed by atoms with Gasteiger partial charge in [0, 0.05) is 30.5 Å². The number of fused-ring (bicyclic) bond motifs is 2. The van der Waals surface area contributed by atoms with Crippen LogP contribution in [0.4, 0.5) is 5.95 Å². The van der Waals surface area contributed by atoms with Crippen LogP contribution in [0.5, 0.6) is 0 Å². The van der Waals surface area contributed by atoms with Crippen molar-refractivity contribution >= 4 is 28.7 Å². The fourth-order valence-corrected chi connectivity index (χ4v) is 6.43. The molecule has 4 aromatic rings. The van der Waals surface area contributed by atoms with E-state index in [4.69, 9.17) is 35.8 Å². The Kier molecular flexibility index (Phi) is 7.90. The number of pyridine rings is 1. The molecule has 1 aliphatic heterocycles. The molecule has 12 heteroatoms. The van der Waals surface area contributed by atoms with E-state index in [1.54, 1.807) is 12.4 Å². The Bertz CT molecular complexity index is 1600. The van der Waals surface area contributed by atoms with E-state index < -0.39 is 5.76 Å². The average Bonchev–Trinajstić information content (AvgIpc) is 3.70. The number of aromatic amines is 1. The van der Waals surface area contributed by atoms with Gasteiger partial charge in [-0.2, -0.15) is 4.98 Å². The number of rotatable bonds is 10. The molecule has 0 spiro atoms. The van der Waals surface area contributed by atoms with E-state index >= 15 is 0 Å². The zero-order valence-corrected chi connectivity index (χ0v) is 24.2. The second-order valence-electron chi connectivity index (χ2n) is 11.2. The van der Waals surface area contributed by atoms with Crippen molar-refractivity contribution in [2.24, 2.45) is 5.92 Å². The van der Waals surface area contributed by atoms with Gasteiger partial charge in [-0.1, -0.05) is 42.6 Å². The molecule has 1 saturated carbocycles. The minimum absolute atomic E-state index is 0.112. The molecule has 216 valence electrons. The lowest BCUT2D eigenvalue weighted by atomic mass is 9.99. The maximum Gasteiger partial charge on any atom is 0.439 e. The van der Waals surface area contributed by atoms with Gasteiger partial charge in [-0.05, 0) is 51.0 Å². The van der Waals surface area contributed by atoms with Crippen LogP contribution < -0.4 is 10.7 Å². The Labute approximate surface area is 243 Å². The van der Waals surface area contributed by atoms with E-state index in [9.17, 15) is 4.79 Å². The minimum Gasteiger partial charge on any atom is -0.374 e. The molecule has 6 rings (SSSR count). The molecule has 41 heavy (non-hydrogen) atoms. The van der Waals surface area contributed by atoms with Gasteiger partial charge in [0.15, 0.2) is 5.65 Å². The molecule has 2 aliphatic rings. The summed E-state index contributed by atoms with van der Waals surface area (Å²) >= 11 is 6.39. The number of hydrogen-bond donors (Lipinski definition) is 1. The Balaban J connectivity index is 1.52. The number of nitrogens with one attached hydrogen (secondary N) is 1. The summed E-state index contributed by atoms with van der Waals surface area (Å²) in [5.74, 6) is 1.11. The molecule has 4 atom stereocenters. The molecule has 4 aromatic heterocycles. The van der Waals surface area contributed by atoms with Gasteiger partial charge in [-0.25, -0.2) is 14.8 Å². The first-order valence-corrected chi connectivity index (χ1v) is 14.8. The topological polar surface area (TPSA) is 128 Å². The molecule has 5 heterocycles. The fraction of sp³-hybridized carbons (Fsp3) is 0.517. The highest BCUT2D eigenvalue weighted by Gasteiger charge is 2.39. The summed E-state index contributed by atoms with van der Waals surface area (Å²) in [6.07, 6.45) is 12.9. The van der Waals surface area contributed by atoms with Crippen molar-refractivity contribution in [1.29, 1.82) is 0 Å². The van der Waals surface area contributed by atoms with E-state index in [-0.39, 0.29) is 29.8 Å². The van der Waals surface area contributed by atoms with E-state index in [2.05, 4.69) is 45.0 Å². The fourth-order valence-electron chi connectivity index (χ4n) is 6.25. The molecular formula is C29H35ClN8O3. The molecular weight excluding hydrogens is 544 g/mol. The summed E-state index contributed by atoms with van der Waals surface area (Å²) in [4.78, 5) is 35.9. The number of anilines is 1. The summed E-state index contributed by atoms with van der Waals surface area (Å²) in [7, 11) is 0. The first-order valence-electron chi connectivity index (χ1n) is 14.4. The third-order valence-corrected chi connectivity index (χ3v) is 8.43. The number of morpholine rings is 1. The minimum atomic E-state index is -0.680. The molecule has 1 N–H and O–H groups in total. The number of allylic oxidation sites excluding steroid dienone is 1. The average molecular weight is 579 g/mol. The zero-order valence-electron chi connectivity index (χ0n) is 23.4. The number of hydrogen-bond acceptors (Lipinski definition) is 9. The highest BCUT2D eigenvalue weighted by atomic mass is 35.5. The number of ether oxygens (including phenoxy) is 1. The summed E-state index contributed by atoms with van der Waals surface area (Å²) in [6, 6.07) is 2.20. The van der Waals surface area contributed by atoms with Crippen LogP contribution in [0.2, 0.25) is 5.02 Å². The lowest BCUT2D eigenvalue weighted by Crippen LogP contribution is -2.49. The Hall–Kier alpha value is -3.57. The van der Waals surface area contributed by atoms with Gasteiger partial charge in [0.25, 0.3) is 0 Å². The second-order valence-corrected chi connectivity index (χ2v) is 11.6. The molecule has 3 unspecified atom stereocenters. The van der Waals surface area contributed by atoms with Crippen molar-refractivity contribution in [3.63, 3.8) is 0 Å². The standard InChI is InChI=1S/C29H35ClN8O3/c1-4-7-17(2)8-5-9-18(3)38-24-23(19-14-20(30)16-31-15-19)32-26(27-35-29(39)41-36-27)33-25(24)34-28(38)37-12-13-40-22-11-6-10-21(22)37/h4,14-18,21-22H,1,5-13H2,2-3H3,(H,35,36,39)/t17-,18?,21?,22?/m0/s1. The predicted octanol–water partition coefficient (Wildman–Crippen LogP) is 5.59. The molecule has 2 fully saturated rings. The highest BCUT2D eigenvalue weighted by molar-refractivity contribution is 6.30. The summed E-state index contributed by atoms with van der Waals surface area (Å²) < 4.78 is 13.2. The maximum atomic E-state index is 11.8. The van der Waals surface area contributed by atoms with Crippen molar-refractivity contribution in [3.05, 3.63) is 46.7 Å². The Morgan fingerprint density at radius 3 is 2.88 bits per heavy atom. The number of nitrogens with zero attached hydrogens (tertiary/aromatic N) is 7. The number of halogens is 1. The van der Waals surface area contributed by atoms with Crippen LogP contribution in [0, 0.1) is 5.92 Å². The molecule has 0 bridgehead atoms. The van der Waals surface area contributed by atoms with Crippen molar-refractivity contribution in [3.8, 4) is 22.9 Å². The summed E-state index contributed by atoms with van der Waals surface area (Å²) in [5.41, 5.74) is 2.64. The highest BCUT2D eigenvalue weighted by Crippen LogP contribution is 2.39. The summed E-state index contributed by atoms with van der Waals surface area (Å²) in [5, 5.41) is 4.33. The first kappa shape index (κ1) is 27.6. The van der Waals surface area contributed by atoms with Crippen molar-refractivity contribution in [2.45, 2.75) is 77.0 Å². The van der Waals surface area contributed by atoms with Crippen LogP contribution in [0.15, 0.2) is 40.4 Å². The smallest absolute Gasteiger partial charge is 0.374 e. The van der Waals surface area contributed by atoms with Gasteiger partial charge in [-0.15, -0.1) is 6.58 Å². The first-order chi connectivity index (χ1) is 19.9. The Morgan fingerprint density at radius 2 is 2.10 bits per heavy atom. The maximum absolute atomic E-state index is 11.8. The zero-order chi connectivity index (χ0) is 28.5. The van der Waals surface area contributed by atoms with Gasteiger partial charge < -0.3 is 14.2 Å². The number of imidazole rings is 1. The molecule has 0 amide bonds. The third kappa shape index (κ3) is 5.52. The quantitative estimate of drug-likeness (QED) is 0.239. The van der Waals surface area contributed by atoms with E-state index in [0.29, 0.717) is 28.9 Å². The van der Waals surface area contributed by atoms with Gasteiger partial charge in [-0.3, -0.25) is 14.5 Å². The Morgan fingerprint density at radius 1 is 1.22 bits per heavy atom. The van der Waals surface area contributed by atoms with Crippen molar-refractivity contribution in [1.82, 2.24) is 34.6 Å². The van der Waals surface area contributed by atoms with Crippen LogP contribution in [0.1, 0.15) is 64.8 Å². The van der Waals surface area contributed by atoms with Crippen LogP contribution in [-0.4, -0.2) is 59.9 Å². The van der Waals surface area contributed by atoms with Gasteiger partial charge in [0.1, 0.15) is 11.2 Å². The van der Waals surface area contributed by atoms with Gasteiger partial charge >= 0.3 is 5.76 Å². The van der Waals surface area contributed by atoms with Crippen LogP contribution >= 0.6 is 11.6 Å². The normalized spacial score (nSPS) is 20.3. The van der Waals surface area contributed by atoms with E-state index in [1.807, 2.05) is 12.1 Å². The summed E-state index contributed by atoms with van der Waals surface area (Å²) in [6.45, 7) is 9.80. The van der Waals surface area contributed by atoms with Gasteiger partial charge in [0.2, 0.25) is 17.6 Å². The lowest BCUT2D eigenvalue weighted by molar-refractivity contribution is 0.0246. The predicted molar refractivity (Wildman–Crippen MR) is 157 cm³/mol. The molecule has 1 saturated heterocycles. The van der Waals surface area contributed by atoms with E-state index in [1.165, 1.54) is 0 Å². The van der Waals surface area contributed by atoms with Crippen LogP contribution in [-0.2, 0) is 4.74 Å². The molecule has 11 nitrogen and oxygen atoms in total. The SMILES string of the molecule is C=CC[C@H](C)CCCC(C)n1c(N2CCOC3CCCC32)nc2nc(-c3noc(=O)[nH]3)nc(-c3cncc(Cl)c3)c21. The molecule has 0 radical (unpaired) electrons. The van der Waals surface area contributed by atoms with Gasteiger partial charge in [0.05, 0.1) is 23.8 Å². The van der Waals surface area contributed by atoms with Crippen molar-refractivity contribution < 1.29 is 9.26 Å². The third-order valence-electron chi connectivity index (χ3n) is 8.23. The number of aromatic nitrogens is 7. The van der Waals surface area contributed by atoms with Crippen LogP contribution in [0.3, 0.4) is 0 Å². The number of H-pyrrole nitrogens is 1. The van der Waals surface area contributed by atoms with Crippen LogP contribution in [0.25, 0.3) is 34.1 Å². The monoisotopic (exact) mass is 578 g/mol. The lowest BCUT2D eigenvalue weighted by Gasteiger charge is -2.39. The van der Waals surface area contributed by atoms with Crippen molar-refractivity contribution in [2.75, 3.05) is 18.1 Å². The molecule has 1 aliphatic carbocycles. The van der Waals surface area contributed by atoms with E-state index in [0.717, 1.165) is 68.5 Å². The largest absolute Gasteiger partial charge is 0.439 e. The second kappa shape index (κ2) is 11.7.